The summed E-state index contributed by atoms with van der Waals surface area (Å²) in [7, 11) is 0. The third-order valence-electron chi connectivity index (χ3n) is 5.92. The first-order valence-electron chi connectivity index (χ1n) is 10.4. The summed E-state index contributed by atoms with van der Waals surface area (Å²) in [6, 6.07) is 0. The highest BCUT2D eigenvalue weighted by Gasteiger charge is 2.31. The molecule has 0 aromatic heterocycles. The fourth-order valence-corrected chi connectivity index (χ4v) is 3.91. The van der Waals surface area contributed by atoms with Gasteiger partial charge in [-0.1, -0.05) is 6.42 Å². The second kappa shape index (κ2) is 11.4. The predicted molar refractivity (Wildman–Crippen MR) is 119 cm³/mol. The van der Waals surface area contributed by atoms with Crippen LogP contribution in [0.5, 0.6) is 0 Å². The molecule has 8 heteroatoms. The van der Waals surface area contributed by atoms with Gasteiger partial charge in [-0.05, 0) is 32.6 Å². The average molecular weight is 493 g/mol. The Morgan fingerprint density at radius 2 is 1.70 bits per heavy atom. The van der Waals surface area contributed by atoms with E-state index in [4.69, 9.17) is 4.99 Å². The van der Waals surface area contributed by atoms with E-state index in [2.05, 4.69) is 26.9 Å². The summed E-state index contributed by atoms with van der Waals surface area (Å²) in [5.74, 6) is 1.67. The van der Waals surface area contributed by atoms with Gasteiger partial charge in [-0.2, -0.15) is 0 Å². The predicted octanol–water partition coefficient (Wildman–Crippen LogP) is 0.971. The van der Waals surface area contributed by atoms with Gasteiger partial charge in [0.25, 0.3) is 0 Å². The highest BCUT2D eigenvalue weighted by atomic mass is 127. The standard InChI is InChI=1S/C19H35N5O2.HI/c1-2-20-19(24-9-6-17(25)7-10-24)21-8-11-22-12-14-23(15-13-22)18(26)16-4-3-5-16;/h16-17,25H,2-15H2,1H3,(H,20,21);1H. The van der Waals surface area contributed by atoms with E-state index in [0.29, 0.717) is 11.8 Å². The van der Waals surface area contributed by atoms with Gasteiger partial charge in [0.1, 0.15) is 0 Å². The number of hydrogen-bond donors (Lipinski definition) is 2. The Morgan fingerprint density at radius 3 is 2.26 bits per heavy atom. The molecule has 2 aliphatic heterocycles. The molecule has 3 aliphatic rings. The molecule has 0 aromatic rings. The van der Waals surface area contributed by atoms with Crippen LogP contribution >= 0.6 is 24.0 Å². The van der Waals surface area contributed by atoms with Crippen molar-refractivity contribution < 1.29 is 9.90 Å². The lowest BCUT2D eigenvalue weighted by Crippen LogP contribution is -2.51. The molecule has 1 aliphatic carbocycles. The summed E-state index contributed by atoms with van der Waals surface area (Å²) in [5.41, 5.74) is 0. The van der Waals surface area contributed by atoms with E-state index < -0.39 is 0 Å². The molecular weight excluding hydrogens is 457 g/mol. The molecular formula is C19H36IN5O2. The molecule has 0 spiro atoms. The molecule has 0 unspecified atom stereocenters. The van der Waals surface area contributed by atoms with E-state index in [9.17, 15) is 9.90 Å². The second-order valence-corrected chi connectivity index (χ2v) is 7.75. The lowest BCUT2D eigenvalue weighted by Gasteiger charge is -2.38. The summed E-state index contributed by atoms with van der Waals surface area (Å²) in [6.45, 7) is 10.1. The fraction of sp³-hybridized carbons (Fsp3) is 0.895. The number of carbonyl (C=O) groups is 1. The van der Waals surface area contributed by atoms with Crippen LogP contribution < -0.4 is 5.32 Å². The van der Waals surface area contributed by atoms with E-state index in [1.165, 1.54) is 6.42 Å². The van der Waals surface area contributed by atoms with Crippen molar-refractivity contribution in [2.75, 3.05) is 58.9 Å². The Labute approximate surface area is 180 Å². The first-order valence-corrected chi connectivity index (χ1v) is 10.4. The Balaban J connectivity index is 0.00000261. The number of aliphatic hydroxyl groups excluding tert-OH is 1. The monoisotopic (exact) mass is 493 g/mol. The average Bonchev–Trinajstić information content (AvgIpc) is 2.61. The van der Waals surface area contributed by atoms with Crippen LogP contribution in [0, 0.1) is 5.92 Å². The van der Waals surface area contributed by atoms with Crippen molar-refractivity contribution in [2.24, 2.45) is 10.9 Å². The SMILES string of the molecule is CCNC(=NCCN1CCN(C(=O)C2CCC2)CC1)N1CCC(O)CC1.I. The zero-order valence-corrected chi connectivity index (χ0v) is 18.9. The van der Waals surface area contributed by atoms with Gasteiger partial charge in [0.05, 0.1) is 12.6 Å². The number of amides is 1. The number of rotatable bonds is 5. The minimum absolute atomic E-state index is 0. The quantitative estimate of drug-likeness (QED) is 0.340. The first kappa shape index (κ1) is 22.7. The maximum atomic E-state index is 12.3. The molecule has 0 aromatic carbocycles. The van der Waals surface area contributed by atoms with Crippen molar-refractivity contribution in [1.82, 2.24) is 20.0 Å². The number of aliphatic imine (C=N–C) groups is 1. The number of likely N-dealkylation sites (tertiary alicyclic amines) is 1. The Bertz CT molecular complexity index is 484. The van der Waals surface area contributed by atoms with Crippen molar-refractivity contribution >= 4 is 35.8 Å². The third-order valence-corrected chi connectivity index (χ3v) is 5.92. The van der Waals surface area contributed by atoms with Crippen LogP contribution in [-0.2, 0) is 4.79 Å². The first-order chi connectivity index (χ1) is 12.7. The summed E-state index contributed by atoms with van der Waals surface area (Å²) >= 11 is 0. The van der Waals surface area contributed by atoms with Crippen LogP contribution in [0.15, 0.2) is 4.99 Å². The molecule has 0 atom stereocenters. The lowest BCUT2D eigenvalue weighted by molar-refractivity contribution is -0.139. The van der Waals surface area contributed by atoms with Gasteiger partial charge in [0, 0.05) is 58.3 Å². The second-order valence-electron chi connectivity index (χ2n) is 7.75. The number of piperazine rings is 1. The molecule has 27 heavy (non-hydrogen) atoms. The number of nitrogens with zero attached hydrogens (tertiary/aromatic N) is 4. The van der Waals surface area contributed by atoms with Gasteiger partial charge in [-0.15, -0.1) is 24.0 Å². The number of aliphatic hydroxyl groups is 1. The number of nitrogens with one attached hydrogen (secondary N) is 1. The number of piperidine rings is 1. The van der Waals surface area contributed by atoms with E-state index in [1.54, 1.807) is 0 Å². The van der Waals surface area contributed by atoms with E-state index in [-0.39, 0.29) is 30.1 Å². The summed E-state index contributed by atoms with van der Waals surface area (Å²) in [5, 5.41) is 13.1. The Morgan fingerprint density at radius 1 is 1.04 bits per heavy atom. The zero-order valence-electron chi connectivity index (χ0n) is 16.6. The molecule has 0 radical (unpaired) electrons. The maximum Gasteiger partial charge on any atom is 0.225 e. The largest absolute Gasteiger partial charge is 0.393 e. The van der Waals surface area contributed by atoms with Crippen LogP contribution in [0.1, 0.15) is 39.0 Å². The highest BCUT2D eigenvalue weighted by Crippen LogP contribution is 2.28. The topological polar surface area (TPSA) is 71.4 Å². The maximum absolute atomic E-state index is 12.3. The lowest BCUT2D eigenvalue weighted by atomic mass is 9.84. The molecule has 2 N–H and O–H groups in total. The summed E-state index contributed by atoms with van der Waals surface area (Å²) in [4.78, 5) is 23.8. The molecule has 7 nitrogen and oxygen atoms in total. The highest BCUT2D eigenvalue weighted by molar-refractivity contribution is 14.0. The van der Waals surface area contributed by atoms with E-state index in [1.807, 2.05) is 0 Å². The number of hydrogen-bond acceptors (Lipinski definition) is 4. The van der Waals surface area contributed by atoms with Gasteiger partial charge in [0.15, 0.2) is 5.96 Å². The number of carbonyl (C=O) groups excluding carboxylic acids is 1. The van der Waals surface area contributed by atoms with Crippen molar-refractivity contribution in [1.29, 1.82) is 0 Å². The Hall–Kier alpha value is -0.610. The van der Waals surface area contributed by atoms with Gasteiger partial charge in [-0.25, -0.2) is 0 Å². The van der Waals surface area contributed by atoms with Gasteiger partial charge >= 0.3 is 0 Å². The van der Waals surface area contributed by atoms with E-state index in [0.717, 1.165) is 90.5 Å². The fourth-order valence-electron chi connectivity index (χ4n) is 3.91. The molecule has 156 valence electrons. The van der Waals surface area contributed by atoms with Crippen LogP contribution in [0.2, 0.25) is 0 Å². The van der Waals surface area contributed by atoms with Crippen LogP contribution in [0.3, 0.4) is 0 Å². The van der Waals surface area contributed by atoms with Crippen LogP contribution in [0.4, 0.5) is 0 Å². The smallest absolute Gasteiger partial charge is 0.225 e. The molecule has 2 heterocycles. The molecule has 1 amide bonds. The molecule has 1 saturated carbocycles. The van der Waals surface area contributed by atoms with Crippen LogP contribution in [0.25, 0.3) is 0 Å². The molecule has 0 bridgehead atoms. The minimum Gasteiger partial charge on any atom is -0.393 e. The van der Waals surface area contributed by atoms with E-state index >= 15 is 0 Å². The number of halogens is 1. The van der Waals surface area contributed by atoms with Crippen LogP contribution in [-0.4, -0.2) is 96.7 Å². The third kappa shape index (κ3) is 6.45. The zero-order chi connectivity index (χ0) is 18.4. The Kier molecular flexibility index (Phi) is 9.58. The van der Waals surface area contributed by atoms with Crippen molar-refractivity contribution in [3.63, 3.8) is 0 Å². The molecule has 2 saturated heterocycles. The van der Waals surface area contributed by atoms with Gasteiger partial charge in [0.2, 0.25) is 5.91 Å². The van der Waals surface area contributed by atoms with Crippen molar-refractivity contribution in [3.8, 4) is 0 Å². The molecule has 3 rings (SSSR count). The number of guanidine groups is 1. The normalized spacial score (nSPS) is 23.0. The summed E-state index contributed by atoms with van der Waals surface area (Å²) < 4.78 is 0. The molecule has 3 fully saturated rings. The van der Waals surface area contributed by atoms with Gasteiger partial charge in [-0.3, -0.25) is 14.7 Å². The summed E-state index contributed by atoms with van der Waals surface area (Å²) in [6.07, 6.45) is 4.89. The van der Waals surface area contributed by atoms with Gasteiger partial charge < -0.3 is 20.2 Å². The minimum atomic E-state index is -0.159. The van der Waals surface area contributed by atoms with Crippen molar-refractivity contribution in [2.45, 2.75) is 45.1 Å². The van der Waals surface area contributed by atoms with Crippen molar-refractivity contribution in [3.05, 3.63) is 0 Å².